The lowest BCUT2D eigenvalue weighted by Crippen LogP contribution is -2.42. The molecule has 1 fully saturated rings. The number of rotatable bonds is 7. The van der Waals surface area contributed by atoms with Crippen LogP contribution >= 0.6 is 0 Å². The lowest BCUT2D eigenvalue weighted by atomic mass is 9.92. The van der Waals surface area contributed by atoms with Crippen molar-refractivity contribution in [1.29, 1.82) is 0 Å². The van der Waals surface area contributed by atoms with Gasteiger partial charge in [0.05, 0.1) is 18.7 Å². The van der Waals surface area contributed by atoms with Crippen molar-refractivity contribution >= 4 is 11.8 Å². The van der Waals surface area contributed by atoms with E-state index in [1.54, 1.807) is 17.2 Å². The lowest BCUT2D eigenvalue weighted by molar-refractivity contribution is -0.129. The zero-order chi connectivity index (χ0) is 17.0. The third-order valence-electron chi connectivity index (χ3n) is 4.00. The Morgan fingerprint density at radius 1 is 1.48 bits per heavy atom. The first-order chi connectivity index (χ1) is 10.8. The van der Waals surface area contributed by atoms with Crippen LogP contribution in [0.3, 0.4) is 0 Å². The second kappa shape index (κ2) is 7.17. The zero-order valence-corrected chi connectivity index (χ0v) is 14.5. The first kappa shape index (κ1) is 17.5. The van der Waals surface area contributed by atoms with E-state index in [1.165, 1.54) is 0 Å². The molecule has 1 aromatic heterocycles. The Morgan fingerprint density at radius 2 is 2.22 bits per heavy atom. The lowest BCUT2D eigenvalue weighted by Gasteiger charge is -2.29. The molecule has 1 aliphatic rings. The van der Waals surface area contributed by atoms with Crippen molar-refractivity contribution in [3.05, 3.63) is 24.2 Å². The van der Waals surface area contributed by atoms with Crippen molar-refractivity contribution in [2.45, 2.75) is 26.8 Å². The zero-order valence-electron chi connectivity index (χ0n) is 14.5. The second-order valence-electron chi connectivity index (χ2n) is 7.37. The number of amides is 2. The average molecular weight is 321 g/mol. The van der Waals surface area contributed by atoms with Gasteiger partial charge in [-0.15, -0.1) is 0 Å². The number of hydrogen-bond donors (Lipinski definition) is 1. The average Bonchev–Trinajstić information content (AvgIpc) is 3.06. The summed E-state index contributed by atoms with van der Waals surface area (Å²) in [7, 11) is 4.04. The quantitative estimate of drug-likeness (QED) is 0.823. The summed E-state index contributed by atoms with van der Waals surface area (Å²) in [4.78, 5) is 28.2. The molecule has 1 N–H and O–H groups in total. The van der Waals surface area contributed by atoms with Crippen molar-refractivity contribution in [2.75, 3.05) is 33.7 Å². The van der Waals surface area contributed by atoms with E-state index in [1.807, 2.05) is 20.2 Å². The van der Waals surface area contributed by atoms with Crippen LogP contribution in [-0.4, -0.2) is 55.3 Å². The first-order valence-electron chi connectivity index (χ1n) is 7.99. The molecule has 1 aliphatic heterocycles. The molecule has 0 aromatic carbocycles. The standard InChI is InChI=1S/C17H27N3O3/c1-17(2,12-19(3)4)11-18-16(22)13-8-15(21)20(9-13)10-14-6-5-7-23-14/h5-7,13H,8-12H2,1-4H3,(H,18,22). The van der Waals surface area contributed by atoms with E-state index in [2.05, 4.69) is 24.1 Å². The Balaban J connectivity index is 1.83. The van der Waals surface area contributed by atoms with Crippen molar-refractivity contribution in [3.63, 3.8) is 0 Å². The van der Waals surface area contributed by atoms with Crippen LogP contribution in [0.15, 0.2) is 22.8 Å². The van der Waals surface area contributed by atoms with Gasteiger partial charge in [-0.1, -0.05) is 13.8 Å². The van der Waals surface area contributed by atoms with Crippen LogP contribution in [0.5, 0.6) is 0 Å². The highest BCUT2D eigenvalue weighted by molar-refractivity contribution is 5.89. The summed E-state index contributed by atoms with van der Waals surface area (Å²) >= 11 is 0. The molecule has 0 radical (unpaired) electrons. The number of carbonyl (C=O) groups is 2. The highest BCUT2D eigenvalue weighted by Gasteiger charge is 2.35. The van der Waals surface area contributed by atoms with Gasteiger partial charge in [0.15, 0.2) is 0 Å². The Labute approximate surface area is 137 Å². The van der Waals surface area contributed by atoms with Crippen LogP contribution in [0, 0.1) is 11.3 Å². The molecule has 6 nitrogen and oxygen atoms in total. The normalized spacial score (nSPS) is 18.7. The van der Waals surface area contributed by atoms with Crippen LogP contribution in [0.2, 0.25) is 0 Å². The maximum atomic E-state index is 12.3. The molecule has 2 heterocycles. The van der Waals surface area contributed by atoms with Crippen LogP contribution in [-0.2, 0) is 16.1 Å². The molecular formula is C17H27N3O3. The van der Waals surface area contributed by atoms with Gasteiger partial charge in [-0.3, -0.25) is 9.59 Å². The molecule has 1 saturated heterocycles. The topological polar surface area (TPSA) is 65.8 Å². The minimum atomic E-state index is -0.271. The Hall–Kier alpha value is -1.82. The Bertz CT molecular complexity index is 537. The highest BCUT2D eigenvalue weighted by atomic mass is 16.3. The van der Waals surface area contributed by atoms with Gasteiger partial charge in [0, 0.05) is 26.1 Å². The van der Waals surface area contributed by atoms with E-state index in [9.17, 15) is 9.59 Å². The summed E-state index contributed by atoms with van der Waals surface area (Å²) in [5.41, 5.74) is -0.00434. The smallest absolute Gasteiger partial charge is 0.225 e. The van der Waals surface area contributed by atoms with E-state index in [0.717, 1.165) is 12.3 Å². The molecule has 1 atom stereocenters. The second-order valence-corrected chi connectivity index (χ2v) is 7.37. The third-order valence-corrected chi connectivity index (χ3v) is 4.00. The molecule has 128 valence electrons. The predicted molar refractivity (Wildman–Crippen MR) is 87.6 cm³/mol. The van der Waals surface area contributed by atoms with E-state index >= 15 is 0 Å². The minimum absolute atomic E-state index is 0.00434. The SMILES string of the molecule is CN(C)CC(C)(C)CNC(=O)C1CC(=O)N(Cc2ccco2)C1. The molecule has 1 unspecified atom stereocenters. The summed E-state index contributed by atoms with van der Waals surface area (Å²) < 4.78 is 5.27. The van der Waals surface area contributed by atoms with Crippen molar-refractivity contribution in [1.82, 2.24) is 15.1 Å². The monoisotopic (exact) mass is 321 g/mol. The largest absolute Gasteiger partial charge is 0.467 e. The fourth-order valence-corrected chi connectivity index (χ4v) is 3.07. The van der Waals surface area contributed by atoms with Crippen molar-refractivity contribution < 1.29 is 14.0 Å². The van der Waals surface area contributed by atoms with Crippen LogP contribution in [0.4, 0.5) is 0 Å². The van der Waals surface area contributed by atoms with Crippen molar-refractivity contribution in [2.24, 2.45) is 11.3 Å². The fraction of sp³-hybridized carbons (Fsp3) is 0.647. The highest BCUT2D eigenvalue weighted by Crippen LogP contribution is 2.21. The Kier molecular flexibility index (Phi) is 5.46. The molecule has 1 aromatic rings. The number of hydrogen-bond acceptors (Lipinski definition) is 4. The van der Waals surface area contributed by atoms with E-state index in [4.69, 9.17) is 4.42 Å². The van der Waals surface area contributed by atoms with Gasteiger partial charge in [-0.25, -0.2) is 0 Å². The van der Waals surface area contributed by atoms with Gasteiger partial charge in [-0.05, 0) is 31.6 Å². The fourth-order valence-electron chi connectivity index (χ4n) is 3.07. The van der Waals surface area contributed by atoms with Crippen LogP contribution in [0.1, 0.15) is 26.0 Å². The molecular weight excluding hydrogens is 294 g/mol. The van der Waals surface area contributed by atoms with E-state index in [0.29, 0.717) is 19.6 Å². The summed E-state index contributed by atoms with van der Waals surface area (Å²) in [5, 5.41) is 3.00. The Morgan fingerprint density at radius 3 is 2.83 bits per heavy atom. The van der Waals surface area contributed by atoms with Gasteiger partial charge in [-0.2, -0.15) is 0 Å². The number of likely N-dealkylation sites (tertiary alicyclic amines) is 1. The molecule has 2 rings (SSSR count). The predicted octanol–water partition coefficient (Wildman–Crippen LogP) is 1.33. The molecule has 0 bridgehead atoms. The third kappa shape index (κ3) is 5.10. The van der Waals surface area contributed by atoms with Gasteiger partial charge < -0.3 is 19.5 Å². The number of nitrogens with one attached hydrogen (secondary N) is 1. The molecule has 0 spiro atoms. The molecule has 6 heteroatoms. The maximum Gasteiger partial charge on any atom is 0.225 e. The molecule has 0 aliphatic carbocycles. The van der Waals surface area contributed by atoms with E-state index in [-0.39, 0.29) is 29.6 Å². The number of nitrogens with zero attached hydrogens (tertiary/aromatic N) is 2. The van der Waals surface area contributed by atoms with Crippen LogP contribution < -0.4 is 5.32 Å². The molecule has 0 saturated carbocycles. The number of carbonyl (C=O) groups excluding carboxylic acids is 2. The van der Waals surface area contributed by atoms with Gasteiger partial charge in [0.2, 0.25) is 11.8 Å². The van der Waals surface area contributed by atoms with Gasteiger partial charge in [0.25, 0.3) is 0 Å². The van der Waals surface area contributed by atoms with Crippen molar-refractivity contribution in [3.8, 4) is 0 Å². The summed E-state index contributed by atoms with van der Waals surface area (Å²) in [6.45, 7) is 6.63. The first-order valence-corrected chi connectivity index (χ1v) is 7.99. The van der Waals surface area contributed by atoms with Gasteiger partial charge >= 0.3 is 0 Å². The van der Waals surface area contributed by atoms with Gasteiger partial charge in [0.1, 0.15) is 5.76 Å². The molecule has 2 amide bonds. The summed E-state index contributed by atoms with van der Waals surface area (Å²) in [5.74, 6) is 0.445. The van der Waals surface area contributed by atoms with Crippen LogP contribution in [0.25, 0.3) is 0 Å². The summed E-state index contributed by atoms with van der Waals surface area (Å²) in [6.07, 6.45) is 1.87. The number of furan rings is 1. The molecule has 23 heavy (non-hydrogen) atoms. The maximum absolute atomic E-state index is 12.3. The summed E-state index contributed by atoms with van der Waals surface area (Å²) in [6, 6.07) is 3.64. The minimum Gasteiger partial charge on any atom is -0.467 e. The van der Waals surface area contributed by atoms with E-state index < -0.39 is 0 Å².